The van der Waals surface area contributed by atoms with Crippen LogP contribution in [0.4, 0.5) is 5.13 Å². The highest BCUT2D eigenvalue weighted by molar-refractivity contribution is 7.15. The first-order valence-electron chi connectivity index (χ1n) is 10.4. The summed E-state index contributed by atoms with van der Waals surface area (Å²) in [6.45, 7) is 9.25. The third-order valence-electron chi connectivity index (χ3n) is 5.16. The molecule has 160 valence electrons. The van der Waals surface area contributed by atoms with Crippen LogP contribution in [0.2, 0.25) is 0 Å². The highest BCUT2D eigenvalue weighted by atomic mass is 32.1. The van der Waals surface area contributed by atoms with Gasteiger partial charge in [0.1, 0.15) is 0 Å². The van der Waals surface area contributed by atoms with E-state index in [0.717, 1.165) is 32.2 Å². The largest absolute Gasteiger partial charge is 0.322 e. The second-order valence-electron chi connectivity index (χ2n) is 8.90. The molecule has 0 atom stereocenters. The Morgan fingerprint density at radius 3 is 2.65 bits per heavy atom. The Kier molecular flexibility index (Phi) is 5.94. The van der Waals surface area contributed by atoms with Gasteiger partial charge in [0.15, 0.2) is 5.13 Å². The number of aromatic nitrogens is 2. The molecule has 0 spiro atoms. The van der Waals surface area contributed by atoms with E-state index in [1.807, 2.05) is 30.3 Å². The Hall–Kier alpha value is -2.96. The number of fused-ring (bicyclic) bond motifs is 1. The number of pyridine rings is 1. The van der Waals surface area contributed by atoms with E-state index in [-0.39, 0.29) is 11.0 Å². The third kappa shape index (κ3) is 5.03. The number of para-hydroxylation sites is 1. The molecule has 31 heavy (non-hydrogen) atoms. The summed E-state index contributed by atoms with van der Waals surface area (Å²) in [5.41, 5.74) is 11.4. The number of aryl methyl sites for hydroxylation is 1. The van der Waals surface area contributed by atoms with Crippen LogP contribution in [0.1, 0.15) is 48.0 Å². The normalized spacial score (nSPS) is 11.7. The minimum atomic E-state index is -0.119. The third-order valence-corrected chi connectivity index (χ3v) is 6.13. The minimum absolute atomic E-state index is 0.0426. The number of hydrogen-bond acceptors (Lipinski definition) is 5. The van der Waals surface area contributed by atoms with Crippen molar-refractivity contribution in [2.24, 2.45) is 0 Å². The molecule has 6 heteroatoms. The predicted molar refractivity (Wildman–Crippen MR) is 130 cm³/mol. The molecule has 0 aliphatic heterocycles. The van der Waals surface area contributed by atoms with Crippen LogP contribution in [-0.4, -0.2) is 9.97 Å². The van der Waals surface area contributed by atoms with E-state index in [1.165, 1.54) is 11.1 Å². The number of rotatable bonds is 6. The molecule has 0 unspecified atom stereocenters. The highest BCUT2D eigenvalue weighted by Gasteiger charge is 2.24. The number of hydrogen-bond donors (Lipinski definition) is 3. The van der Waals surface area contributed by atoms with Gasteiger partial charge >= 0.3 is 0 Å². The van der Waals surface area contributed by atoms with Gasteiger partial charge in [-0.25, -0.2) is 10.4 Å². The molecule has 0 aliphatic carbocycles. The summed E-state index contributed by atoms with van der Waals surface area (Å²) < 4.78 is 0. The molecule has 4 aromatic rings. The zero-order chi connectivity index (χ0) is 22.0. The van der Waals surface area contributed by atoms with Crippen LogP contribution < -0.4 is 16.4 Å². The second kappa shape index (κ2) is 8.65. The molecule has 0 amide bonds. The van der Waals surface area contributed by atoms with Gasteiger partial charge in [-0.05, 0) is 30.0 Å². The van der Waals surface area contributed by atoms with Gasteiger partial charge in [-0.3, -0.25) is 10.2 Å². The first kappa shape index (κ1) is 21.3. The van der Waals surface area contributed by atoms with Crippen molar-refractivity contribution >= 4 is 27.4 Å². The van der Waals surface area contributed by atoms with Gasteiger partial charge in [0.25, 0.3) is 5.56 Å². The lowest BCUT2D eigenvalue weighted by Crippen LogP contribution is -2.21. The summed E-state index contributed by atoms with van der Waals surface area (Å²) in [4.78, 5) is 21.6. The molecule has 2 heterocycles. The van der Waals surface area contributed by atoms with E-state index in [4.69, 9.17) is 4.98 Å². The Morgan fingerprint density at radius 2 is 1.87 bits per heavy atom. The smallest absolute Gasteiger partial charge is 0.251 e. The lowest BCUT2D eigenvalue weighted by atomic mass is 9.90. The Labute approximate surface area is 186 Å². The van der Waals surface area contributed by atoms with Crippen LogP contribution in [-0.2, 0) is 18.4 Å². The zero-order valence-corrected chi connectivity index (χ0v) is 19.2. The second-order valence-corrected chi connectivity index (χ2v) is 9.98. The van der Waals surface area contributed by atoms with Crippen LogP contribution >= 0.6 is 11.3 Å². The predicted octanol–water partition coefficient (Wildman–Crippen LogP) is 5.30. The number of aromatic amines is 1. The molecular formula is C25H28N4OS. The summed E-state index contributed by atoms with van der Waals surface area (Å²) in [6.07, 6.45) is 0.560. The number of benzene rings is 2. The van der Waals surface area contributed by atoms with Gasteiger partial charge in [-0.15, -0.1) is 11.3 Å². The van der Waals surface area contributed by atoms with Crippen molar-refractivity contribution in [1.29, 1.82) is 0 Å². The van der Waals surface area contributed by atoms with Crippen LogP contribution in [0.25, 0.3) is 10.9 Å². The molecule has 0 bridgehead atoms. The molecule has 0 aliphatic rings. The molecule has 2 aromatic heterocycles. The quantitative estimate of drug-likeness (QED) is 0.362. The zero-order valence-electron chi connectivity index (χ0n) is 18.4. The fraction of sp³-hybridized carbons (Fsp3) is 0.280. The highest BCUT2D eigenvalue weighted by Crippen LogP contribution is 2.33. The van der Waals surface area contributed by atoms with Crippen molar-refractivity contribution in [3.05, 3.63) is 92.2 Å². The molecule has 0 saturated carbocycles. The Bertz CT molecular complexity index is 1270. The number of thiazole rings is 1. The van der Waals surface area contributed by atoms with Crippen molar-refractivity contribution < 1.29 is 0 Å². The van der Waals surface area contributed by atoms with Crippen LogP contribution in [0.5, 0.6) is 0 Å². The molecule has 0 saturated heterocycles. The summed E-state index contributed by atoms with van der Waals surface area (Å²) in [5.74, 6) is 0. The van der Waals surface area contributed by atoms with Crippen LogP contribution in [0.15, 0.2) is 59.4 Å². The molecule has 4 rings (SSSR count). The molecule has 2 aromatic carbocycles. The first-order chi connectivity index (χ1) is 14.8. The van der Waals surface area contributed by atoms with E-state index in [9.17, 15) is 4.79 Å². The fourth-order valence-electron chi connectivity index (χ4n) is 3.65. The maximum atomic E-state index is 12.7. The van der Waals surface area contributed by atoms with Gasteiger partial charge in [-0.1, -0.05) is 68.8 Å². The topological polar surface area (TPSA) is 69.8 Å². The molecule has 3 N–H and O–H groups in total. The van der Waals surface area contributed by atoms with Crippen molar-refractivity contribution in [2.45, 2.75) is 46.1 Å². The number of hydrazine groups is 1. The average Bonchev–Trinajstić information content (AvgIpc) is 3.12. The van der Waals surface area contributed by atoms with E-state index in [1.54, 1.807) is 11.3 Å². The summed E-state index contributed by atoms with van der Waals surface area (Å²) in [6, 6.07) is 18.3. The maximum Gasteiger partial charge on any atom is 0.251 e. The van der Waals surface area contributed by atoms with E-state index < -0.39 is 0 Å². The van der Waals surface area contributed by atoms with Gasteiger partial charge in [-0.2, -0.15) is 0 Å². The van der Waals surface area contributed by atoms with Gasteiger partial charge in [0, 0.05) is 34.3 Å². The van der Waals surface area contributed by atoms with Crippen molar-refractivity contribution in [3.63, 3.8) is 0 Å². The van der Waals surface area contributed by atoms with E-state index >= 15 is 0 Å². The molecule has 5 nitrogen and oxygen atoms in total. The summed E-state index contributed by atoms with van der Waals surface area (Å²) in [5, 5.41) is 1.85. The van der Waals surface area contributed by atoms with Crippen molar-refractivity contribution in [2.75, 3.05) is 5.43 Å². The number of nitrogens with one attached hydrogen (secondary N) is 3. The molecule has 0 radical (unpaired) electrons. The first-order valence-corrected chi connectivity index (χ1v) is 11.3. The Morgan fingerprint density at radius 1 is 1.06 bits per heavy atom. The van der Waals surface area contributed by atoms with Crippen molar-refractivity contribution in [3.8, 4) is 0 Å². The average molecular weight is 433 g/mol. The molecule has 0 fully saturated rings. The summed E-state index contributed by atoms with van der Waals surface area (Å²) >= 11 is 1.60. The molecular weight excluding hydrogens is 404 g/mol. The lowest BCUT2D eigenvalue weighted by molar-refractivity contribution is 0.567. The fourth-order valence-corrected chi connectivity index (χ4v) is 4.82. The Balaban J connectivity index is 1.56. The van der Waals surface area contributed by atoms with Gasteiger partial charge in [0.05, 0.1) is 5.69 Å². The van der Waals surface area contributed by atoms with Crippen LogP contribution in [0, 0.1) is 6.92 Å². The number of H-pyrrole nitrogens is 1. The van der Waals surface area contributed by atoms with E-state index in [0.29, 0.717) is 13.0 Å². The monoisotopic (exact) mass is 432 g/mol. The SMILES string of the molecule is Cc1cccc(CNNc2nc(C(C)(C)C)c(Cc3cc4ccccc4[nH]c3=O)s2)c1. The van der Waals surface area contributed by atoms with Gasteiger partial charge < -0.3 is 4.98 Å². The number of nitrogens with zero attached hydrogens (tertiary/aromatic N) is 1. The van der Waals surface area contributed by atoms with Crippen LogP contribution in [0.3, 0.4) is 0 Å². The minimum Gasteiger partial charge on any atom is -0.322 e. The lowest BCUT2D eigenvalue weighted by Gasteiger charge is -2.17. The summed E-state index contributed by atoms with van der Waals surface area (Å²) in [7, 11) is 0. The van der Waals surface area contributed by atoms with Crippen molar-refractivity contribution in [1.82, 2.24) is 15.4 Å². The van der Waals surface area contributed by atoms with E-state index in [2.05, 4.69) is 67.8 Å². The van der Waals surface area contributed by atoms with Gasteiger partial charge in [0.2, 0.25) is 0 Å². The number of anilines is 1. The maximum absolute atomic E-state index is 12.7. The standard InChI is InChI=1S/C25H28N4OS/c1-16-8-7-9-17(12-16)15-26-29-24-28-22(25(2,3)4)21(31-24)14-19-13-18-10-5-6-11-20(18)27-23(19)30/h5-13,26H,14-15H2,1-4H3,(H,27,30)(H,28,29).